The van der Waals surface area contributed by atoms with E-state index in [9.17, 15) is 9.50 Å². The van der Waals surface area contributed by atoms with Gasteiger partial charge in [-0.1, -0.05) is 17.7 Å². The normalized spacial score (nSPS) is 10.3. The molecule has 100 valence electrons. The lowest BCUT2D eigenvalue weighted by Crippen LogP contribution is -2.02. The molecule has 0 aliphatic carbocycles. The molecular weight excluding hydrogens is 245 g/mol. The van der Waals surface area contributed by atoms with Crippen molar-refractivity contribution in [3.05, 3.63) is 53.3 Å². The lowest BCUT2D eigenvalue weighted by molar-refractivity contribution is 0.413. The molecule has 0 amide bonds. The Morgan fingerprint density at radius 2 is 2.00 bits per heavy atom. The number of rotatable bonds is 4. The van der Waals surface area contributed by atoms with Crippen molar-refractivity contribution in [1.82, 2.24) is 0 Å². The number of nitrogens with one attached hydrogen (secondary N) is 1. The molecule has 0 radical (unpaired) electrons. The Balaban J connectivity index is 2.16. The van der Waals surface area contributed by atoms with E-state index in [0.29, 0.717) is 18.0 Å². The van der Waals surface area contributed by atoms with Crippen LogP contribution in [0.1, 0.15) is 11.1 Å². The molecule has 3 nitrogen and oxygen atoms in total. The summed E-state index contributed by atoms with van der Waals surface area (Å²) in [6, 6.07) is 9.70. The summed E-state index contributed by atoms with van der Waals surface area (Å²) in [6.07, 6.45) is 0. The predicted octanol–water partition coefficient (Wildman–Crippen LogP) is 3.46. The minimum Gasteiger partial charge on any atom is -0.508 e. The quantitative estimate of drug-likeness (QED) is 0.885. The third kappa shape index (κ3) is 3.16. The first kappa shape index (κ1) is 13.2. The molecule has 2 aromatic rings. The fourth-order valence-electron chi connectivity index (χ4n) is 1.86. The summed E-state index contributed by atoms with van der Waals surface area (Å²) in [5.74, 6) is 0.326. The van der Waals surface area contributed by atoms with Gasteiger partial charge in [0.2, 0.25) is 0 Å². The Bertz CT molecular complexity index is 584. The largest absolute Gasteiger partial charge is 0.508 e. The maximum absolute atomic E-state index is 13.1. The van der Waals surface area contributed by atoms with Crippen molar-refractivity contribution in [2.24, 2.45) is 0 Å². The van der Waals surface area contributed by atoms with Crippen LogP contribution in [0.2, 0.25) is 0 Å². The van der Waals surface area contributed by atoms with Crippen molar-refractivity contribution in [2.75, 3.05) is 12.4 Å². The van der Waals surface area contributed by atoms with Gasteiger partial charge in [-0.2, -0.15) is 0 Å². The van der Waals surface area contributed by atoms with Crippen LogP contribution in [0, 0.1) is 12.7 Å². The van der Waals surface area contributed by atoms with Crippen LogP contribution < -0.4 is 10.1 Å². The third-order valence-electron chi connectivity index (χ3n) is 2.87. The molecule has 2 aromatic carbocycles. The van der Waals surface area contributed by atoms with E-state index in [-0.39, 0.29) is 11.6 Å². The standard InChI is InChI=1S/C15H16FNO2/c1-10-3-6-14(18)11(7-10)9-17-13-5-4-12(16)8-15(13)19-2/h3-8,17-18H,9H2,1-2H3. The first-order valence-electron chi connectivity index (χ1n) is 5.96. The van der Waals surface area contributed by atoms with E-state index in [1.165, 1.54) is 19.2 Å². The van der Waals surface area contributed by atoms with Crippen molar-refractivity contribution in [3.8, 4) is 11.5 Å². The Morgan fingerprint density at radius 3 is 2.74 bits per heavy atom. The third-order valence-corrected chi connectivity index (χ3v) is 2.87. The highest BCUT2D eigenvalue weighted by atomic mass is 19.1. The number of halogens is 1. The van der Waals surface area contributed by atoms with Gasteiger partial charge in [-0.15, -0.1) is 0 Å². The lowest BCUT2D eigenvalue weighted by atomic mass is 10.1. The van der Waals surface area contributed by atoms with E-state index in [0.717, 1.165) is 11.1 Å². The van der Waals surface area contributed by atoms with Crippen LogP contribution >= 0.6 is 0 Å². The Morgan fingerprint density at radius 1 is 1.21 bits per heavy atom. The average Bonchev–Trinajstić information content (AvgIpc) is 2.40. The Hall–Kier alpha value is -2.23. The number of anilines is 1. The monoisotopic (exact) mass is 261 g/mol. The highest BCUT2D eigenvalue weighted by Gasteiger charge is 2.06. The number of aromatic hydroxyl groups is 1. The van der Waals surface area contributed by atoms with Gasteiger partial charge in [0.1, 0.15) is 17.3 Å². The molecule has 0 aliphatic rings. The lowest BCUT2D eigenvalue weighted by Gasteiger charge is -2.12. The molecule has 2 rings (SSSR count). The van der Waals surface area contributed by atoms with E-state index in [4.69, 9.17) is 4.74 Å². The average molecular weight is 261 g/mol. The fourth-order valence-corrected chi connectivity index (χ4v) is 1.86. The van der Waals surface area contributed by atoms with Gasteiger partial charge in [-0.05, 0) is 25.1 Å². The first-order chi connectivity index (χ1) is 9.10. The SMILES string of the molecule is COc1cc(F)ccc1NCc1cc(C)ccc1O. The van der Waals surface area contributed by atoms with Crippen LogP contribution in [-0.2, 0) is 6.54 Å². The van der Waals surface area contributed by atoms with Gasteiger partial charge in [0.05, 0.1) is 12.8 Å². The summed E-state index contributed by atoms with van der Waals surface area (Å²) in [5.41, 5.74) is 2.54. The zero-order chi connectivity index (χ0) is 13.8. The minimum absolute atomic E-state index is 0.235. The molecular formula is C15H16FNO2. The first-order valence-corrected chi connectivity index (χ1v) is 5.96. The van der Waals surface area contributed by atoms with Crippen LogP contribution in [0.5, 0.6) is 11.5 Å². The smallest absolute Gasteiger partial charge is 0.144 e. The topological polar surface area (TPSA) is 41.5 Å². The number of hydrogen-bond donors (Lipinski definition) is 2. The zero-order valence-corrected chi connectivity index (χ0v) is 10.9. The molecule has 0 saturated carbocycles. The molecule has 4 heteroatoms. The molecule has 0 fully saturated rings. The van der Waals surface area contributed by atoms with Crippen LogP contribution in [0.3, 0.4) is 0 Å². The molecule has 0 atom stereocenters. The number of hydrogen-bond acceptors (Lipinski definition) is 3. The fraction of sp³-hybridized carbons (Fsp3) is 0.200. The molecule has 0 bridgehead atoms. The van der Waals surface area contributed by atoms with Crippen LogP contribution in [0.4, 0.5) is 10.1 Å². The highest BCUT2D eigenvalue weighted by Crippen LogP contribution is 2.26. The van der Waals surface area contributed by atoms with Crippen molar-refractivity contribution in [2.45, 2.75) is 13.5 Å². The van der Waals surface area contributed by atoms with E-state index >= 15 is 0 Å². The van der Waals surface area contributed by atoms with Crippen molar-refractivity contribution in [3.63, 3.8) is 0 Å². The maximum atomic E-state index is 13.1. The van der Waals surface area contributed by atoms with E-state index in [1.54, 1.807) is 12.1 Å². The number of ether oxygens (including phenoxy) is 1. The Kier molecular flexibility index (Phi) is 3.90. The Labute approximate surface area is 111 Å². The van der Waals surface area contributed by atoms with Gasteiger partial charge in [0.25, 0.3) is 0 Å². The zero-order valence-electron chi connectivity index (χ0n) is 10.9. The van der Waals surface area contributed by atoms with Crippen molar-refractivity contribution < 1.29 is 14.2 Å². The summed E-state index contributed by atoms with van der Waals surface area (Å²) in [5, 5.41) is 12.9. The van der Waals surface area contributed by atoms with E-state index < -0.39 is 0 Å². The van der Waals surface area contributed by atoms with Crippen molar-refractivity contribution >= 4 is 5.69 Å². The van der Waals surface area contributed by atoms with Gasteiger partial charge in [0.15, 0.2) is 0 Å². The van der Waals surface area contributed by atoms with Gasteiger partial charge < -0.3 is 15.2 Å². The van der Waals surface area contributed by atoms with E-state index in [1.807, 2.05) is 19.1 Å². The summed E-state index contributed by atoms with van der Waals surface area (Å²) in [6.45, 7) is 2.40. The maximum Gasteiger partial charge on any atom is 0.144 e. The number of phenolic OH excluding ortho intramolecular Hbond substituents is 1. The van der Waals surface area contributed by atoms with Crippen LogP contribution in [0.25, 0.3) is 0 Å². The molecule has 0 aliphatic heterocycles. The highest BCUT2D eigenvalue weighted by molar-refractivity contribution is 5.57. The molecule has 0 saturated heterocycles. The molecule has 0 aromatic heterocycles. The second kappa shape index (κ2) is 5.61. The van der Waals surface area contributed by atoms with E-state index in [2.05, 4.69) is 5.32 Å². The second-order valence-electron chi connectivity index (χ2n) is 4.33. The predicted molar refractivity (Wildman–Crippen MR) is 73.1 cm³/mol. The summed E-state index contributed by atoms with van der Waals surface area (Å²) in [7, 11) is 1.49. The van der Waals surface area contributed by atoms with Gasteiger partial charge in [-0.3, -0.25) is 0 Å². The van der Waals surface area contributed by atoms with Gasteiger partial charge >= 0.3 is 0 Å². The molecule has 2 N–H and O–H groups in total. The molecule has 0 unspecified atom stereocenters. The van der Waals surface area contributed by atoms with Crippen LogP contribution in [0.15, 0.2) is 36.4 Å². The van der Waals surface area contributed by atoms with Crippen LogP contribution in [-0.4, -0.2) is 12.2 Å². The van der Waals surface area contributed by atoms with Crippen molar-refractivity contribution in [1.29, 1.82) is 0 Å². The van der Waals surface area contributed by atoms with Gasteiger partial charge in [-0.25, -0.2) is 4.39 Å². The molecule has 19 heavy (non-hydrogen) atoms. The molecule has 0 heterocycles. The number of phenols is 1. The second-order valence-corrected chi connectivity index (χ2v) is 4.33. The van der Waals surface area contributed by atoms with Gasteiger partial charge in [0, 0.05) is 18.2 Å². The number of benzene rings is 2. The summed E-state index contributed by atoms with van der Waals surface area (Å²) in [4.78, 5) is 0. The summed E-state index contributed by atoms with van der Waals surface area (Å²) < 4.78 is 18.2. The number of methoxy groups -OCH3 is 1. The molecule has 0 spiro atoms. The minimum atomic E-state index is -0.346. The number of aryl methyl sites for hydroxylation is 1. The summed E-state index contributed by atoms with van der Waals surface area (Å²) >= 11 is 0.